The van der Waals surface area contributed by atoms with Crippen LogP contribution < -0.4 is 15.8 Å². The van der Waals surface area contributed by atoms with E-state index in [0.29, 0.717) is 6.71 Å². The topological polar surface area (TPSA) is 3.24 Å². The largest absolute Gasteiger partial charge is 0.353 e. The minimum atomic E-state index is 0.378. The Labute approximate surface area is 102 Å². The van der Waals surface area contributed by atoms with Gasteiger partial charge in [0.15, 0.2) is 0 Å². The summed E-state index contributed by atoms with van der Waals surface area (Å²) in [5.74, 6) is 2.26. The molecule has 2 aromatic carbocycles. The van der Waals surface area contributed by atoms with Crippen molar-refractivity contribution in [2.45, 2.75) is 0 Å². The van der Waals surface area contributed by atoms with Gasteiger partial charge in [-0.1, -0.05) is 60.0 Å². The summed E-state index contributed by atoms with van der Waals surface area (Å²) in [6, 6.07) is 19.2. The van der Waals surface area contributed by atoms with Gasteiger partial charge < -0.3 is 4.90 Å². The fourth-order valence-corrected chi connectivity index (χ4v) is 2.42. The van der Waals surface area contributed by atoms with Crippen LogP contribution in [0.5, 0.6) is 0 Å². The lowest BCUT2D eigenvalue weighted by molar-refractivity contribution is 1.21. The Kier molecular flexibility index (Phi) is 2.48. The predicted molar refractivity (Wildman–Crippen MR) is 75.4 cm³/mol. The van der Waals surface area contributed by atoms with Crippen LogP contribution in [0, 0.1) is 0 Å². The van der Waals surface area contributed by atoms with Crippen molar-refractivity contribution >= 4 is 23.3 Å². The molecule has 0 atom stereocenters. The number of para-hydroxylation sites is 1. The van der Waals surface area contributed by atoms with Gasteiger partial charge in [-0.15, -0.1) is 0 Å². The van der Waals surface area contributed by atoms with E-state index < -0.39 is 0 Å². The average Bonchev–Trinajstić information content (AvgIpc) is 2.41. The number of anilines is 1. The Morgan fingerprint density at radius 3 is 2.41 bits per heavy atom. The minimum Gasteiger partial charge on any atom is -0.353 e. The van der Waals surface area contributed by atoms with Gasteiger partial charge in [0, 0.05) is 12.7 Å². The van der Waals surface area contributed by atoms with E-state index in [1.165, 1.54) is 16.6 Å². The van der Waals surface area contributed by atoms with Gasteiger partial charge in [-0.2, -0.15) is 0 Å². The molecule has 17 heavy (non-hydrogen) atoms. The van der Waals surface area contributed by atoms with Crippen molar-refractivity contribution < 1.29 is 0 Å². The number of nitrogens with zero attached hydrogens (tertiary/aromatic N) is 1. The van der Waals surface area contributed by atoms with E-state index in [-0.39, 0.29) is 0 Å². The lowest BCUT2D eigenvalue weighted by Gasteiger charge is -2.26. The van der Waals surface area contributed by atoms with Crippen molar-refractivity contribution in [2.24, 2.45) is 0 Å². The molecule has 0 aliphatic carbocycles. The Balaban J connectivity index is 2.11. The van der Waals surface area contributed by atoms with Gasteiger partial charge in [-0.05, 0) is 17.7 Å². The molecule has 3 rings (SSSR count). The summed E-state index contributed by atoms with van der Waals surface area (Å²) in [7, 11) is 2.09. The Hall–Kier alpha value is -1.96. The van der Waals surface area contributed by atoms with E-state index in [2.05, 4.69) is 78.7 Å². The third-order valence-electron chi connectivity index (χ3n) is 3.31. The second kappa shape index (κ2) is 4.13. The summed E-state index contributed by atoms with van der Waals surface area (Å²) in [5, 5.41) is 0. The second-order valence-corrected chi connectivity index (χ2v) is 4.40. The van der Waals surface area contributed by atoms with Crippen LogP contribution in [0.2, 0.25) is 0 Å². The fourth-order valence-electron chi connectivity index (χ4n) is 2.42. The number of fused-ring (bicyclic) bond motifs is 1. The second-order valence-electron chi connectivity index (χ2n) is 4.40. The molecule has 0 saturated heterocycles. The maximum atomic E-state index is 2.26. The smallest absolute Gasteiger partial charge is 0.238 e. The zero-order chi connectivity index (χ0) is 11.7. The van der Waals surface area contributed by atoms with Gasteiger partial charge >= 0.3 is 0 Å². The number of benzene rings is 2. The highest BCUT2D eigenvalue weighted by atomic mass is 15.1. The van der Waals surface area contributed by atoms with Crippen molar-refractivity contribution in [3.63, 3.8) is 0 Å². The molecular formula is C15H14BN. The summed E-state index contributed by atoms with van der Waals surface area (Å²) < 4.78 is 0. The van der Waals surface area contributed by atoms with Crippen LogP contribution in [0.25, 0.3) is 0 Å². The van der Waals surface area contributed by atoms with Crippen LogP contribution in [0.15, 0.2) is 66.8 Å². The minimum absolute atomic E-state index is 0.378. The van der Waals surface area contributed by atoms with Crippen molar-refractivity contribution in [3.05, 3.63) is 66.8 Å². The first-order valence-corrected chi connectivity index (χ1v) is 5.91. The average molecular weight is 219 g/mol. The number of hydrogen-bond acceptors (Lipinski definition) is 1. The maximum Gasteiger partial charge on any atom is 0.238 e. The van der Waals surface area contributed by atoms with Crippen molar-refractivity contribution in [1.29, 1.82) is 0 Å². The highest BCUT2D eigenvalue weighted by Gasteiger charge is 2.23. The highest BCUT2D eigenvalue weighted by Crippen LogP contribution is 2.15. The van der Waals surface area contributed by atoms with Gasteiger partial charge in [0.1, 0.15) is 0 Å². The summed E-state index contributed by atoms with van der Waals surface area (Å²) in [5.41, 5.74) is 4.02. The van der Waals surface area contributed by atoms with E-state index in [9.17, 15) is 0 Å². The monoisotopic (exact) mass is 219 g/mol. The zero-order valence-corrected chi connectivity index (χ0v) is 9.88. The third-order valence-corrected chi connectivity index (χ3v) is 3.31. The van der Waals surface area contributed by atoms with Gasteiger partial charge in [0.05, 0.1) is 0 Å². The molecule has 0 aromatic heterocycles. The fraction of sp³-hybridized carbons (Fsp3) is 0.0667. The molecule has 1 aliphatic heterocycles. The molecule has 0 radical (unpaired) electrons. The molecule has 1 nitrogen and oxygen atoms in total. The summed E-state index contributed by atoms with van der Waals surface area (Å²) in [6.07, 6.45) is 2.15. The molecule has 1 heterocycles. The van der Waals surface area contributed by atoms with Gasteiger partial charge in [0.2, 0.25) is 6.71 Å². The third kappa shape index (κ3) is 1.76. The Morgan fingerprint density at radius 1 is 0.882 bits per heavy atom. The predicted octanol–water partition coefficient (Wildman–Crippen LogP) is 1.80. The van der Waals surface area contributed by atoms with Crippen LogP contribution in [-0.2, 0) is 0 Å². The SMILES string of the molecule is CN1C=CB(c2ccccc2)c2ccccc21. The van der Waals surface area contributed by atoms with E-state index in [4.69, 9.17) is 0 Å². The quantitative estimate of drug-likeness (QED) is 0.661. The molecule has 0 N–H and O–H groups in total. The molecule has 0 unspecified atom stereocenters. The van der Waals surface area contributed by atoms with Gasteiger partial charge in [0.25, 0.3) is 0 Å². The van der Waals surface area contributed by atoms with Crippen LogP contribution in [0.3, 0.4) is 0 Å². The normalized spacial score (nSPS) is 13.7. The number of hydrogen-bond donors (Lipinski definition) is 0. The first kappa shape index (κ1) is 10.2. The highest BCUT2D eigenvalue weighted by molar-refractivity contribution is 6.90. The van der Waals surface area contributed by atoms with Gasteiger partial charge in [-0.3, -0.25) is 0 Å². The lowest BCUT2D eigenvalue weighted by Crippen LogP contribution is -2.45. The molecule has 0 bridgehead atoms. The lowest BCUT2D eigenvalue weighted by atomic mass is 9.39. The standard InChI is InChI=1S/C15H14BN/c1-17-12-11-16(13-7-3-2-4-8-13)14-9-5-6-10-15(14)17/h2-12H,1H3. The molecule has 0 saturated carbocycles. The molecule has 0 spiro atoms. The molecule has 2 aromatic rings. The Bertz CT molecular complexity index is 548. The first-order valence-electron chi connectivity index (χ1n) is 5.91. The van der Waals surface area contributed by atoms with E-state index in [1.54, 1.807) is 0 Å². The van der Waals surface area contributed by atoms with E-state index in [0.717, 1.165) is 0 Å². The first-order chi connectivity index (χ1) is 8.36. The number of rotatable bonds is 1. The van der Waals surface area contributed by atoms with E-state index in [1.807, 2.05) is 0 Å². The molecule has 2 heteroatoms. The van der Waals surface area contributed by atoms with E-state index >= 15 is 0 Å². The Morgan fingerprint density at radius 2 is 1.59 bits per heavy atom. The summed E-state index contributed by atoms with van der Waals surface area (Å²) >= 11 is 0. The van der Waals surface area contributed by atoms with Crippen molar-refractivity contribution in [2.75, 3.05) is 11.9 Å². The van der Waals surface area contributed by atoms with Crippen LogP contribution in [0.4, 0.5) is 5.69 Å². The zero-order valence-electron chi connectivity index (χ0n) is 9.88. The summed E-state index contributed by atoms with van der Waals surface area (Å²) in [4.78, 5) is 2.18. The van der Waals surface area contributed by atoms with Crippen LogP contribution >= 0.6 is 0 Å². The summed E-state index contributed by atoms with van der Waals surface area (Å²) in [6.45, 7) is 0.378. The van der Waals surface area contributed by atoms with Crippen LogP contribution in [-0.4, -0.2) is 13.8 Å². The molecular weight excluding hydrogens is 205 g/mol. The van der Waals surface area contributed by atoms with Crippen molar-refractivity contribution in [1.82, 2.24) is 0 Å². The maximum absolute atomic E-state index is 2.26. The molecule has 1 aliphatic rings. The molecule has 0 fully saturated rings. The molecule has 0 amide bonds. The van der Waals surface area contributed by atoms with Gasteiger partial charge in [-0.25, -0.2) is 0 Å². The molecule has 82 valence electrons. The van der Waals surface area contributed by atoms with Crippen molar-refractivity contribution in [3.8, 4) is 0 Å². The van der Waals surface area contributed by atoms with Crippen LogP contribution in [0.1, 0.15) is 0 Å².